The summed E-state index contributed by atoms with van der Waals surface area (Å²) < 4.78 is 0.581. The first-order chi connectivity index (χ1) is 9.63. The lowest BCUT2D eigenvalue weighted by Gasteiger charge is -2.30. The Morgan fingerprint density at radius 3 is 2.65 bits per heavy atom. The van der Waals surface area contributed by atoms with Crippen LogP contribution < -0.4 is 5.32 Å². The van der Waals surface area contributed by atoms with Gasteiger partial charge in [0, 0.05) is 23.3 Å². The average Bonchev–Trinajstić information content (AvgIpc) is 2.45. The van der Waals surface area contributed by atoms with Crippen molar-refractivity contribution in [3.05, 3.63) is 28.2 Å². The molecule has 0 amide bonds. The molecule has 20 heavy (non-hydrogen) atoms. The van der Waals surface area contributed by atoms with Gasteiger partial charge in [-0.05, 0) is 52.7 Å². The van der Waals surface area contributed by atoms with E-state index in [0.717, 1.165) is 12.8 Å². The molecule has 0 aromatic heterocycles. The van der Waals surface area contributed by atoms with Gasteiger partial charge >= 0.3 is 5.97 Å². The summed E-state index contributed by atoms with van der Waals surface area (Å²) in [6.07, 6.45) is 4.52. The molecule has 0 aliphatic heterocycles. The Kier molecular flexibility index (Phi) is 5.43. The van der Waals surface area contributed by atoms with E-state index in [1.54, 1.807) is 12.1 Å². The van der Waals surface area contributed by atoms with Crippen molar-refractivity contribution >= 4 is 27.6 Å². The molecule has 1 fully saturated rings. The second-order valence-corrected chi connectivity index (χ2v) is 6.19. The van der Waals surface area contributed by atoms with Gasteiger partial charge in [0.2, 0.25) is 0 Å². The Bertz CT molecular complexity index is 478. The van der Waals surface area contributed by atoms with Crippen LogP contribution in [0.25, 0.3) is 0 Å². The summed E-state index contributed by atoms with van der Waals surface area (Å²) in [6, 6.07) is 5.33. The second-order valence-electron chi connectivity index (χ2n) is 5.34. The highest BCUT2D eigenvalue weighted by atomic mass is 79.9. The quantitative estimate of drug-likeness (QED) is 0.767. The predicted molar refractivity (Wildman–Crippen MR) is 82.1 cm³/mol. The van der Waals surface area contributed by atoms with Crippen LogP contribution in [0.3, 0.4) is 0 Å². The number of nitrogens with one attached hydrogen (secondary N) is 1. The minimum absolute atomic E-state index is 0.219. The number of aromatic carboxylic acids is 1. The Labute approximate surface area is 127 Å². The summed E-state index contributed by atoms with van der Waals surface area (Å²) in [5, 5.41) is 21.9. The number of carbonyl (C=O) groups is 1. The van der Waals surface area contributed by atoms with Gasteiger partial charge in [0.15, 0.2) is 0 Å². The molecule has 1 saturated carbocycles. The molecule has 1 aromatic rings. The molecule has 4 nitrogen and oxygen atoms in total. The number of anilines is 1. The molecule has 0 heterocycles. The van der Waals surface area contributed by atoms with Gasteiger partial charge in [0.1, 0.15) is 0 Å². The van der Waals surface area contributed by atoms with Crippen molar-refractivity contribution in [2.75, 3.05) is 18.5 Å². The fourth-order valence-corrected chi connectivity index (χ4v) is 3.46. The zero-order valence-electron chi connectivity index (χ0n) is 11.3. The summed E-state index contributed by atoms with van der Waals surface area (Å²) in [7, 11) is 0. The van der Waals surface area contributed by atoms with Crippen molar-refractivity contribution in [3.8, 4) is 0 Å². The van der Waals surface area contributed by atoms with Gasteiger partial charge < -0.3 is 15.5 Å². The second kappa shape index (κ2) is 7.09. The third-order valence-corrected chi connectivity index (χ3v) is 4.74. The van der Waals surface area contributed by atoms with Crippen LogP contribution >= 0.6 is 15.9 Å². The number of benzene rings is 1. The summed E-state index contributed by atoms with van der Waals surface area (Å²) in [5.41, 5.74) is 0.901. The van der Waals surface area contributed by atoms with Crippen LogP contribution in [0, 0.1) is 11.8 Å². The molecule has 3 N–H and O–H groups in total. The number of aliphatic hydroxyl groups is 1. The number of halogens is 1. The Morgan fingerprint density at radius 1 is 1.30 bits per heavy atom. The van der Waals surface area contributed by atoms with Crippen LogP contribution in [0.15, 0.2) is 22.7 Å². The van der Waals surface area contributed by atoms with Crippen molar-refractivity contribution < 1.29 is 15.0 Å². The molecular formula is C15H20BrNO3. The van der Waals surface area contributed by atoms with E-state index in [-0.39, 0.29) is 12.2 Å². The largest absolute Gasteiger partial charge is 0.478 e. The lowest BCUT2D eigenvalue weighted by Crippen LogP contribution is -2.29. The van der Waals surface area contributed by atoms with Gasteiger partial charge in [0.25, 0.3) is 0 Å². The third-order valence-electron chi connectivity index (χ3n) is 4.08. The molecule has 1 aliphatic rings. The van der Waals surface area contributed by atoms with Gasteiger partial charge in [-0.2, -0.15) is 0 Å². The molecule has 110 valence electrons. The molecule has 0 bridgehead atoms. The van der Waals surface area contributed by atoms with Crippen LogP contribution in [0.1, 0.15) is 36.0 Å². The summed E-state index contributed by atoms with van der Waals surface area (Å²) >= 11 is 3.28. The minimum Gasteiger partial charge on any atom is -0.478 e. The van der Waals surface area contributed by atoms with Gasteiger partial charge in [0.05, 0.1) is 5.56 Å². The van der Waals surface area contributed by atoms with Crippen molar-refractivity contribution in [2.24, 2.45) is 11.8 Å². The van der Waals surface area contributed by atoms with Crippen molar-refractivity contribution in [1.82, 2.24) is 0 Å². The van der Waals surface area contributed by atoms with E-state index >= 15 is 0 Å². The third kappa shape index (κ3) is 3.52. The fraction of sp³-hybridized carbons (Fsp3) is 0.533. The zero-order chi connectivity index (χ0) is 14.5. The lowest BCUT2D eigenvalue weighted by atomic mass is 9.79. The maximum atomic E-state index is 11.3. The van der Waals surface area contributed by atoms with E-state index in [1.165, 1.54) is 12.8 Å². The fourth-order valence-electron chi connectivity index (χ4n) is 2.92. The van der Waals surface area contributed by atoms with E-state index in [2.05, 4.69) is 21.2 Å². The first kappa shape index (κ1) is 15.3. The molecule has 2 rings (SSSR count). The van der Waals surface area contributed by atoms with Crippen LogP contribution in [-0.4, -0.2) is 29.3 Å². The first-order valence-corrected chi connectivity index (χ1v) is 7.79. The highest BCUT2D eigenvalue weighted by Gasteiger charge is 2.24. The summed E-state index contributed by atoms with van der Waals surface area (Å²) in [5.74, 6) is -0.201. The van der Waals surface area contributed by atoms with E-state index in [1.807, 2.05) is 6.07 Å². The van der Waals surface area contributed by atoms with Gasteiger partial charge in [-0.1, -0.05) is 18.9 Å². The monoisotopic (exact) mass is 341 g/mol. The Hall–Kier alpha value is -1.07. The van der Waals surface area contributed by atoms with Crippen molar-refractivity contribution in [1.29, 1.82) is 0 Å². The Morgan fingerprint density at radius 2 is 2.00 bits per heavy atom. The lowest BCUT2D eigenvalue weighted by molar-refractivity contribution is 0.0696. The smallest absolute Gasteiger partial charge is 0.338 e. The average molecular weight is 342 g/mol. The van der Waals surface area contributed by atoms with Crippen LogP contribution in [0.2, 0.25) is 0 Å². The summed E-state index contributed by atoms with van der Waals surface area (Å²) in [4.78, 5) is 11.3. The van der Waals surface area contributed by atoms with Gasteiger partial charge in [-0.25, -0.2) is 4.79 Å². The Balaban J connectivity index is 2.07. The van der Waals surface area contributed by atoms with Gasteiger partial charge in [-0.3, -0.25) is 0 Å². The molecule has 2 unspecified atom stereocenters. The molecule has 0 radical (unpaired) electrons. The van der Waals surface area contributed by atoms with E-state index < -0.39 is 5.97 Å². The van der Waals surface area contributed by atoms with Crippen molar-refractivity contribution in [3.63, 3.8) is 0 Å². The minimum atomic E-state index is -0.942. The number of hydrogen-bond acceptors (Lipinski definition) is 3. The van der Waals surface area contributed by atoms with Crippen LogP contribution in [0.4, 0.5) is 5.69 Å². The topological polar surface area (TPSA) is 69.6 Å². The number of rotatable bonds is 5. The maximum Gasteiger partial charge on any atom is 0.338 e. The zero-order valence-corrected chi connectivity index (χ0v) is 12.9. The van der Waals surface area contributed by atoms with E-state index in [9.17, 15) is 15.0 Å². The molecule has 2 atom stereocenters. The number of carboxylic acids is 1. The van der Waals surface area contributed by atoms with E-state index in [4.69, 9.17) is 0 Å². The molecular weight excluding hydrogens is 322 g/mol. The standard InChI is InChI=1S/C15H20BrNO3/c16-12-6-3-7-13(14(12)15(19)20)17-8-10-4-1-2-5-11(10)9-18/h3,6-7,10-11,17-18H,1-2,4-5,8-9H2,(H,19,20). The molecule has 1 aromatic carbocycles. The highest BCUT2D eigenvalue weighted by molar-refractivity contribution is 9.10. The number of hydrogen-bond donors (Lipinski definition) is 3. The summed E-state index contributed by atoms with van der Waals surface area (Å²) in [6.45, 7) is 0.929. The normalized spacial score (nSPS) is 22.5. The molecule has 0 spiro atoms. The SMILES string of the molecule is O=C(O)c1c(Br)cccc1NCC1CCCCC1CO. The van der Waals surface area contributed by atoms with Gasteiger partial charge in [-0.15, -0.1) is 0 Å². The molecule has 5 heteroatoms. The number of aliphatic hydroxyl groups excluding tert-OH is 1. The van der Waals surface area contributed by atoms with Crippen molar-refractivity contribution in [2.45, 2.75) is 25.7 Å². The number of carboxylic acid groups (broad SMARTS) is 1. The molecule has 0 saturated heterocycles. The van der Waals surface area contributed by atoms with E-state index in [0.29, 0.717) is 28.5 Å². The van der Waals surface area contributed by atoms with Crippen LogP contribution in [-0.2, 0) is 0 Å². The maximum absolute atomic E-state index is 11.3. The highest BCUT2D eigenvalue weighted by Crippen LogP contribution is 2.31. The van der Waals surface area contributed by atoms with Crippen LogP contribution in [0.5, 0.6) is 0 Å². The predicted octanol–water partition coefficient (Wildman–Crippen LogP) is 3.36. The molecule has 1 aliphatic carbocycles. The first-order valence-electron chi connectivity index (χ1n) is 7.00.